The molecule has 21 rings (SSSR count). The molecule has 5 aliphatic rings. The lowest BCUT2D eigenvalue weighted by Gasteiger charge is -2.13. The first-order valence-corrected chi connectivity index (χ1v) is 46.1. The third-order valence-corrected chi connectivity index (χ3v) is 25.5. The maximum atomic E-state index is 13.1. The fourth-order valence-corrected chi connectivity index (χ4v) is 17.0. The number of nitrogen functional groups attached to an aromatic ring is 5. The number of carbonyl (C=O) groups excluding carboxylic acids is 6. The number of nitrogens with one attached hydrogen (secondary N) is 6. The van der Waals surface area contributed by atoms with Crippen LogP contribution in [0.25, 0.3) is 121 Å². The van der Waals surface area contributed by atoms with Gasteiger partial charge in [-0.1, -0.05) is 70.2 Å². The van der Waals surface area contributed by atoms with Crippen molar-refractivity contribution >= 4 is 159 Å². The molecule has 1 saturated heterocycles. The summed E-state index contributed by atoms with van der Waals surface area (Å²) in [5.41, 5.74) is 44.7. The number of urea groups is 1. The fourth-order valence-electron chi connectivity index (χ4n) is 17.0. The topological polar surface area (TPSA) is 499 Å². The van der Waals surface area contributed by atoms with Gasteiger partial charge in [-0.25, -0.2) is 72.2 Å². The molecule has 1 aliphatic heterocycles. The maximum absolute atomic E-state index is 13.1. The van der Waals surface area contributed by atoms with Gasteiger partial charge in [0.25, 0.3) is 11.1 Å². The van der Waals surface area contributed by atoms with Crippen molar-refractivity contribution < 1.29 is 46.3 Å². The molecule has 5 fully saturated rings. The van der Waals surface area contributed by atoms with Crippen molar-refractivity contribution in [3.63, 3.8) is 0 Å². The first kappa shape index (κ1) is 95.9. The second-order valence-corrected chi connectivity index (χ2v) is 35.6. The van der Waals surface area contributed by atoms with Crippen molar-refractivity contribution in [1.29, 1.82) is 0 Å². The van der Waals surface area contributed by atoms with Crippen LogP contribution in [-0.2, 0) is 70.8 Å². The number of likely N-dealkylation sites (N-methyl/N-ethyl adjacent to an activating group) is 1. The standard InChI is InChI=1S/C22H24N6O2.C21H18FN5O.2C20H20FN5O2.C20H20FN5O/c1-3-13-6-4-5-7-15(13)18-10-14-11-19(24-12-16(14)20(23)25-18)27-22(30)26-17-8-9-28(2)21(17)29;1-27-6-5-11-3-2-4-13(19(11)27)17-7-12-8-18(24-10-15(12)20(23)25-17)26-21(28)14-9-16(14)22;2*1-3-10-6-18(27)26(2)9-14(10)16-4-11-5-17(23-8-13(11)19(22)24-16)25-20(28)12-7-15(12)21;1-3-11-4-10(2)23-8-14(11)17-5-12-6-18(24-9-15(12)19(22)25-17)26-20(27)13-7-16(13)21/h4-7,10-12,17H,3,8-9H2,1-2H3,(H2,23,25)(H2,24,26,27,30);2-8,10,14,16H,9H2,1H3,(H2,23,25)(H,24,26,28);2*4-6,8-9,12,15H,3,7H2,1-2H3,(H2,22,24)(H,23,25,28);4-6,8-9,13,16H,3,7H2,1-2H3,(H2,22,25)(H,24,26,27)/t17-;14-,16+;2*12-,15+;13-,16+/m10101/s1. The average molecular weight is 1910 g/mol. The summed E-state index contributed by atoms with van der Waals surface area (Å²) in [6.07, 6.45) is 15.7. The number of nitrogens with zero attached hydrogens (tertiary/aromatic N) is 15. The van der Waals surface area contributed by atoms with E-state index < -0.39 is 60.4 Å². The van der Waals surface area contributed by atoms with Gasteiger partial charge in [0.15, 0.2) is 0 Å². The van der Waals surface area contributed by atoms with E-state index in [0.717, 1.165) is 118 Å². The number of amides is 7. The van der Waals surface area contributed by atoms with Crippen LogP contribution in [0.15, 0.2) is 193 Å². The van der Waals surface area contributed by atoms with Gasteiger partial charge in [-0.2, -0.15) is 0 Å². The summed E-state index contributed by atoms with van der Waals surface area (Å²) in [4.78, 5) is 146. The lowest BCUT2D eigenvalue weighted by molar-refractivity contribution is -0.128. The molecule has 141 heavy (non-hydrogen) atoms. The van der Waals surface area contributed by atoms with E-state index in [2.05, 4.69) is 119 Å². The van der Waals surface area contributed by atoms with Crippen molar-refractivity contribution in [3.05, 3.63) is 232 Å². The van der Waals surface area contributed by atoms with E-state index in [1.54, 1.807) is 118 Å². The summed E-state index contributed by atoms with van der Waals surface area (Å²) in [6.45, 7) is 10.7. The first-order valence-electron chi connectivity index (χ1n) is 46.1. The van der Waals surface area contributed by atoms with E-state index in [4.69, 9.17) is 28.7 Å². The molecule has 14 aromatic heterocycles. The van der Waals surface area contributed by atoms with E-state index in [1.807, 2.05) is 105 Å². The quantitative estimate of drug-likeness (QED) is 0.0335. The number of carbonyl (C=O) groups is 6. The maximum Gasteiger partial charge on any atom is 0.321 e. The number of aryl methyl sites for hydroxylation is 8. The Morgan fingerprint density at radius 1 is 0.369 bits per heavy atom. The summed E-state index contributed by atoms with van der Waals surface area (Å²) >= 11 is 0. The lowest BCUT2D eigenvalue weighted by atomic mass is 10.0. The number of hydrogen-bond donors (Lipinski definition) is 11. The molecule has 4 saturated carbocycles. The lowest BCUT2D eigenvalue weighted by Crippen LogP contribution is -2.42. The number of likely N-dealkylation sites (tertiary alicyclic amines) is 1. The number of fused-ring (bicyclic) bond motifs is 6. The van der Waals surface area contributed by atoms with Gasteiger partial charge in [0.1, 0.15) is 88.9 Å². The third-order valence-electron chi connectivity index (χ3n) is 25.5. The number of benzene rings is 2. The molecule has 2 aromatic carbocycles. The van der Waals surface area contributed by atoms with Crippen LogP contribution in [0, 0.1) is 30.6 Å². The molecule has 4 aliphatic carbocycles. The molecule has 9 atom stereocenters. The van der Waals surface area contributed by atoms with Crippen molar-refractivity contribution in [2.45, 2.75) is 123 Å². The number of nitrogens with two attached hydrogens (primary N) is 5. The number of alkyl halides is 4. The van der Waals surface area contributed by atoms with Gasteiger partial charge >= 0.3 is 6.03 Å². The highest BCUT2D eigenvalue weighted by atomic mass is 19.1. The highest BCUT2D eigenvalue weighted by molar-refractivity contribution is 6.05. The molecule has 38 heteroatoms. The van der Waals surface area contributed by atoms with E-state index in [1.165, 1.54) is 14.7 Å². The van der Waals surface area contributed by atoms with Gasteiger partial charge < -0.3 is 73.9 Å². The second kappa shape index (κ2) is 40.1. The van der Waals surface area contributed by atoms with Crippen LogP contribution in [-0.4, -0.2) is 153 Å². The summed E-state index contributed by atoms with van der Waals surface area (Å²) in [5, 5.41) is 24.5. The zero-order valence-electron chi connectivity index (χ0n) is 78.5. The number of pyridine rings is 13. The minimum absolute atomic E-state index is 0.0881. The molecule has 0 bridgehead atoms. The predicted molar refractivity (Wildman–Crippen MR) is 539 cm³/mol. The van der Waals surface area contributed by atoms with Gasteiger partial charge in [-0.3, -0.25) is 43.9 Å². The minimum atomic E-state index is -1.07. The van der Waals surface area contributed by atoms with Crippen LogP contribution < -0.4 is 71.7 Å². The number of aromatic nitrogens is 14. The number of halogens is 4. The molecular formula is C103H102F4N26O8. The van der Waals surface area contributed by atoms with Crippen LogP contribution >= 0.6 is 0 Å². The molecule has 16 N–H and O–H groups in total. The average Bonchev–Trinajstić information content (AvgIpc) is 1.62. The first-order chi connectivity index (χ1) is 67.7. The van der Waals surface area contributed by atoms with Crippen LogP contribution in [0.5, 0.6) is 0 Å². The van der Waals surface area contributed by atoms with E-state index in [0.29, 0.717) is 122 Å². The summed E-state index contributed by atoms with van der Waals surface area (Å²) in [6, 6.07) is 38.5. The van der Waals surface area contributed by atoms with E-state index in [9.17, 15) is 55.9 Å². The summed E-state index contributed by atoms with van der Waals surface area (Å²) in [7, 11) is 7.08. The molecule has 16 aromatic rings. The van der Waals surface area contributed by atoms with Crippen LogP contribution in [0.2, 0.25) is 0 Å². The minimum Gasteiger partial charge on any atom is -0.383 e. The molecule has 15 heterocycles. The Morgan fingerprint density at radius 2 is 0.702 bits per heavy atom. The summed E-state index contributed by atoms with van der Waals surface area (Å²) in [5.74, 6) is -0.275. The van der Waals surface area contributed by atoms with Crippen molar-refractivity contribution in [2.24, 2.45) is 44.8 Å². The molecule has 0 spiro atoms. The van der Waals surface area contributed by atoms with Gasteiger partial charge in [0.2, 0.25) is 29.5 Å². The Morgan fingerprint density at radius 3 is 1.06 bits per heavy atom. The largest absolute Gasteiger partial charge is 0.383 e. The monoisotopic (exact) mass is 1910 g/mol. The molecule has 720 valence electrons. The van der Waals surface area contributed by atoms with Gasteiger partial charge in [-0.05, 0) is 187 Å². The zero-order valence-corrected chi connectivity index (χ0v) is 78.5. The van der Waals surface area contributed by atoms with Crippen molar-refractivity contribution in [3.8, 4) is 56.3 Å². The fraction of sp³-hybridized carbons (Fsp3) is 0.272. The normalized spacial score (nSPS) is 17.9. The number of hydrogen-bond acceptors (Lipinski definition) is 24. The Balaban J connectivity index is 0.000000121. The number of rotatable bonds is 19. The second-order valence-electron chi connectivity index (χ2n) is 35.6. The molecule has 0 radical (unpaired) electrons. The van der Waals surface area contributed by atoms with Crippen LogP contribution in [0.4, 0.5) is 80.5 Å². The highest BCUT2D eigenvalue weighted by Crippen LogP contribution is 2.42. The van der Waals surface area contributed by atoms with Crippen LogP contribution in [0.1, 0.15) is 87.7 Å². The molecule has 34 nitrogen and oxygen atoms in total. The summed E-state index contributed by atoms with van der Waals surface area (Å²) < 4.78 is 57.4. The highest BCUT2D eigenvalue weighted by Gasteiger charge is 2.46. The zero-order chi connectivity index (χ0) is 99.8. The Kier molecular flexibility index (Phi) is 27.3. The Bertz CT molecular complexity index is 7670. The molecule has 7 amide bonds. The van der Waals surface area contributed by atoms with Gasteiger partial charge in [0.05, 0.1) is 57.7 Å². The van der Waals surface area contributed by atoms with E-state index >= 15 is 0 Å². The number of para-hydroxylation sites is 1. The Hall–Kier alpha value is -16.8. The molecular weight excluding hydrogens is 1810 g/mol. The van der Waals surface area contributed by atoms with Crippen molar-refractivity contribution in [2.75, 3.05) is 68.8 Å². The number of anilines is 10. The van der Waals surface area contributed by atoms with Crippen LogP contribution in [0.3, 0.4) is 0 Å². The van der Waals surface area contributed by atoms with Gasteiger partial charge in [0, 0.05) is 168 Å². The predicted octanol–water partition coefficient (Wildman–Crippen LogP) is 14.8. The molecule has 0 unspecified atom stereocenters. The van der Waals surface area contributed by atoms with Gasteiger partial charge in [-0.15, -0.1) is 0 Å². The van der Waals surface area contributed by atoms with E-state index in [-0.39, 0.29) is 66.3 Å². The van der Waals surface area contributed by atoms with Crippen molar-refractivity contribution in [1.82, 2.24) is 78.7 Å². The SMILES string of the molecule is CCc1cc(=O)n(C)cc1-c1cc2cc(NC(=O)[C@@H]3C[C@@H]3F)ncc2c(N)n1.CCc1cc(=O)n(C)cc1-c1cc2cc(NC(=O)[C@H]3C[C@H]3F)ncc2c(N)n1.CCc1cc(C)ncc1-c1cc2cc(NC(=O)[C@@H]3C[C@@H]3F)ncc2c(N)n1.CCc1ccccc1-c1cc2cc(NC(=O)N[C@@H]3CCN(C)C3=O)ncc2c(N)n1.Cn1ccc2cccc(-c3cc4cc(NC(=O)[C@H]5C[C@H]5F)ncc4c(N)n3)c21. The smallest absolute Gasteiger partial charge is 0.321 e. The Labute approximate surface area is 804 Å². The third kappa shape index (κ3) is 21.2.